The van der Waals surface area contributed by atoms with Gasteiger partial charge < -0.3 is 10.2 Å². The standard InChI is InChI=1S/C20H24N2O2/c1-5-22(17-8-6-7-14(2)11-17)20(24)13-19(23)21-18-12-15(3)9-10-16(18)4/h6-12H,5,13H2,1-4H3,(H,21,23). The van der Waals surface area contributed by atoms with Gasteiger partial charge in [-0.05, 0) is 62.6 Å². The Morgan fingerprint density at radius 1 is 1.00 bits per heavy atom. The Balaban J connectivity index is 2.07. The molecule has 2 aromatic rings. The molecular weight excluding hydrogens is 300 g/mol. The number of hydrogen-bond acceptors (Lipinski definition) is 2. The largest absolute Gasteiger partial charge is 0.325 e. The summed E-state index contributed by atoms with van der Waals surface area (Å²) in [6, 6.07) is 13.6. The van der Waals surface area contributed by atoms with Crippen LogP contribution in [0.5, 0.6) is 0 Å². The Morgan fingerprint density at radius 2 is 1.71 bits per heavy atom. The molecule has 0 heterocycles. The highest BCUT2D eigenvalue weighted by Crippen LogP contribution is 2.19. The molecule has 2 aromatic carbocycles. The molecule has 2 rings (SSSR count). The van der Waals surface area contributed by atoms with Crippen molar-refractivity contribution in [1.29, 1.82) is 0 Å². The van der Waals surface area contributed by atoms with Crippen LogP contribution in [-0.2, 0) is 9.59 Å². The molecule has 0 bridgehead atoms. The number of rotatable bonds is 5. The summed E-state index contributed by atoms with van der Waals surface area (Å²) in [5.74, 6) is -0.495. The Kier molecular flexibility index (Phi) is 5.74. The van der Waals surface area contributed by atoms with Gasteiger partial charge in [0, 0.05) is 17.9 Å². The normalized spacial score (nSPS) is 10.3. The second kappa shape index (κ2) is 7.77. The summed E-state index contributed by atoms with van der Waals surface area (Å²) in [4.78, 5) is 26.4. The van der Waals surface area contributed by atoms with Crippen LogP contribution in [0.3, 0.4) is 0 Å². The third-order valence-corrected chi connectivity index (χ3v) is 3.91. The van der Waals surface area contributed by atoms with Crippen LogP contribution < -0.4 is 10.2 Å². The molecule has 0 aliphatic heterocycles. The number of benzene rings is 2. The van der Waals surface area contributed by atoms with Crippen molar-refractivity contribution in [3.05, 3.63) is 59.2 Å². The van der Waals surface area contributed by atoms with E-state index in [0.29, 0.717) is 6.54 Å². The van der Waals surface area contributed by atoms with Gasteiger partial charge in [0.05, 0.1) is 0 Å². The quantitative estimate of drug-likeness (QED) is 0.845. The summed E-state index contributed by atoms with van der Waals surface area (Å²) in [6.45, 7) is 8.32. The predicted octanol–water partition coefficient (Wildman–Crippen LogP) is 3.99. The highest BCUT2D eigenvalue weighted by molar-refractivity contribution is 6.09. The number of nitrogens with one attached hydrogen (secondary N) is 1. The Labute approximate surface area is 143 Å². The van der Waals surface area contributed by atoms with Gasteiger partial charge in [0.15, 0.2) is 0 Å². The molecule has 0 aromatic heterocycles. The first-order chi connectivity index (χ1) is 11.4. The van der Waals surface area contributed by atoms with E-state index in [1.165, 1.54) is 0 Å². The van der Waals surface area contributed by atoms with E-state index < -0.39 is 0 Å². The fourth-order valence-electron chi connectivity index (χ4n) is 2.60. The molecule has 126 valence electrons. The maximum atomic E-state index is 12.5. The van der Waals surface area contributed by atoms with E-state index in [1.807, 2.05) is 70.2 Å². The first-order valence-corrected chi connectivity index (χ1v) is 8.15. The van der Waals surface area contributed by atoms with Crippen LogP contribution in [-0.4, -0.2) is 18.4 Å². The Hall–Kier alpha value is -2.62. The lowest BCUT2D eigenvalue weighted by molar-refractivity contribution is -0.125. The Morgan fingerprint density at radius 3 is 2.38 bits per heavy atom. The van der Waals surface area contributed by atoms with E-state index in [-0.39, 0.29) is 18.2 Å². The number of hydrogen-bond donors (Lipinski definition) is 1. The van der Waals surface area contributed by atoms with E-state index in [4.69, 9.17) is 0 Å². The number of carbonyl (C=O) groups is 2. The molecule has 0 atom stereocenters. The Bertz CT molecular complexity index is 753. The third kappa shape index (κ3) is 4.44. The summed E-state index contributed by atoms with van der Waals surface area (Å²) < 4.78 is 0. The summed E-state index contributed by atoms with van der Waals surface area (Å²) in [5.41, 5.74) is 4.71. The van der Waals surface area contributed by atoms with Crippen LogP contribution >= 0.6 is 0 Å². The van der Waals surface area contributed by atoms with Crippen molar-refractivity contribution in [3.8, 4) is 0 Å². The fraction of sp³-hybridized carbons (Fsp3) is 0.300. The second-order valence-corrected chi connectivity index (χ2v) is 6.02. The zero-order chi connectivity index (χ0) is 17.7. The van der Waals surface area contributed by atoms with E-state index in [9.17, 15) is 9.59 Å². The second-order valence-electron chi connectivity index (χ2n) is 6.02. The SMILES string of the molecule is CCN(C(=O)CC(=O)Nc1cc(C)ccc1C)c1cccc(C)c1. The summed E-state index contributed by atoms with van der Waals surface area (Å²) >= 11 is 0. The minimum absolute atomic E-state index is 0.171. The lowest BCUT2D eigenvalue weighted by Crippen LogP contribution is -2.33. The zero-order valence-corrected chi connectivity index (χ0v) is 14.7. The molecule has 2 amide bonds. The van der Waals surface area contributed by atoms with Gasteiger partial charge in [-0.2, -0.15) is 0 Å². The minimum atomic E-state index is -0.292. The molecule has 4 heteroatoms. The molecule has 0 aliphatic rings. The summed E-state index contributed by atoms with van der Waals surface area (Å²) in [7, 11) is 0. The number of aryl methyl sites for hydroxylation is 3. The average Bonchev–Trinajstić information content (AvgIpc) is 2.51. The molecule has 4 nitrogen and oxygen atoms in total. The average molecular weight is 324 g/mol. The summed E-state index contributed by atoms with van der Waals surface area (Å²) in [5, 5.41) is 2.84. The van der Waals surface area contributed by atoms with Crippen molar-refractivity contribution in [1.82, 2.24) is 0 Å². The molecule has 0 fully saturated rings. The molecular formula is C20H24N2O2. The van der Waals surface area contributed by atoms with E-state index in [1.54, 1.807) is 4.90 Å². The van der Waals surface area contributed by atoms with Crippen LogP contribution in [0.4, 0.5) is 11.4 Å². The topological polar surface area (TPSA) is 49.4 Å². The van der Waals surface area contributed by atoms with Crippen LogP contribution in [0.2, 0.25) is 0 Å². The van der Waals surface area contributed by atoms with Gasteiger partial charge in [-0.15, -0.1) is 0 Å². The number of amides is 2. The molecule has 1 N–H and O–H groups in total. The molecule has 0 saturated carbocycles. The van der Waals surface area contributed by atoms with Crippen LogP contribution in [0, 0.1) is 20.8 Å². The number of anilines is 2. The van der Waals surface area contributed by atoms with Crippen LogP contribution in [0.1, 0.15) is 30.0 Å². The van der Waals surface area contributed by atoms with Crippen molar-refractivity contribution in [2.75, 3.05) is 16.8 Å². The highest BCUT2D eigenvalue weighted by Gasteiger charge is 2.18. The lowest BCUT2D eigenvalue weighted by atomic mass is 10.1. The molecule has 24 heavy (non-hydrogen) atoms. The van der Waals surface area contributed by atoms with Crippen molar-refractivity contribution < 1.29 is 9.59 Å². The lowest BCUT2D eigenvalue weighted by Gasteiger charge is -2.21. The van der Waals surface area contributed by atoms with Crippen molar-refractivity contribution in [3.63, 3.8) is 0 Å². The first-order valence-electron chi connectivity index (χ1n) is 8.15. The van der Waals surface area contributed by atoms with Gasteiger partial charge in [-0.1, -0.05) is 24.3 Å². The van der Waals surface area contributed by atoms with Gasteiger partial charge in [-0.3, -0.25) is 9.59 Å². The van der Waals surface area contributed by atoms with Gasteiger partial charge >= 0.3 is 0 Å². The van der Waals surface area contributed by atoms with Gasteiger partial charge in [0.25, 0.3) is 0 Å². The van der Waals surface area contributed by atoms with Gasteiger partial charge in [0.1, 0.15) is 6.42 Å². The smallest absolute Gasteiger partial charge is 0.236 e. The molecule has 0 spiro atoms. The van der Waals surface area contributed by atoms with Gasteiger partial charge in [-0.25, -0.2) is 0 Å². The van der Waals surface area contributed by atoms with E-state index in [0.717, 1.165) is 28.1 Å². The highest BCUT2D eigenvalue weighted by atomic mass is 16.2. The third-order valence-electron chi connectivity index (χ3n) is 3.91. The zero-order valence-electron chi connectivity index (χ0n) is 14.7. The minimum Gasteiger partial charge on any atom is -0.325 e. The number of nitrogens with zero attached hydrogens (tertiary/aromatic N) is 1. The number of carbonyl (C=O) groups excluding carboxylic acids is 2. The molecule has 0 aliphatic carbocycles. The first kappa shape index (κ1) is 17.7. The monoisotopic (exact) mass is 324 g/mol. The molecule has 0 radical (unpaired) electrons. The fourth-order valence-corrected chi connectivity index (χ4v) is 2.60. The molecule has 0 saturated heterocycles. The van der Waals surface area contributed by atoms with Crippen molar-refractivity contribution in [2.45, 2.75) is 34.1 Å². The maximum Gasteiger partial charge on any atom is 0.236 e. The van der Waals surface area contributed by atoms with Crippen LogP contribution in [0.15, 0.2) is 42.5 Å². The van der Waals surface area contributed by atoms with Gasteiger partial charge in [0.2, 0.25) is 11.8 Å². The maximum absolute atomic E-state index is 12.5. The van der Waals surface area contributed by atoms with E-state index >= 15 is 0 Å². The predicted molar refractivity (Wildman–Crippen MR) is 98.4 cm³/mol. The van der Waals surface area contributed by atoms with Crippen molar-refractivity contribution in [2.24, 2.45) is 0 Å². The summed E-state index contributed by atoms with van der Waals surface area (Å²) in [6.07, 6.45) is -0.171. The van der Waals surface area contributed by atoms with Crippen molar-refractivity contribution >= 4 is 23.2 Å². The van der Waals surface area contributed by atoms with E-state index in [2.05, 4.69) is 5.32 Å². The molecule has 0 unspecified atom stereocenters. The van der Waals surface area contributed by atoms with Crippen LogP contribution in [0.25, 0.3) is 0 Å².